The predicted molar refractivity (Wildman–Crippen MR) is 97.7 cm³/mol. The molecule has 0 amide bonds. The lowest BCUT2D eigenvalue weighted by Crippen LogP contribution is -2.03. The van der Waals surface area contributed by atoms with Gasteiger partial charge in [-0.15, -0.1) is 5.10 Å². The van der Waals surface area contributed by atoms with Crippen LogP contribution in [0, 0.1) is 6.92 Å². The van der Waals surface area contributed by atoms with Crippen LogP contribution in [0.3, 0.4) is 0 Å². The third kappa shape index (κ3) is 4.48. The molecule has 7 nitrogen and oxygen atoms in total. The van der Waals surface area contributed by atoms with Crippen LogP contribution in [0.4, 0.5) is 5.95 Å². The lowest BCUT2D eigenvalue weighted by atomic mass is 10.1. The first-order valence-corrected chi connectivity index (χ1v) is 8.47. The Labute approximate surface area is 153 Å². The molecule has 3 rings (SSSR count). The number of aryl methyl sites for hydroxylation is 1. The van der Waals surface area contributed by atoms with Crippen LogP contribution in [0.25, 0.3) is 0 Å². The number of hydrogen-bond acceptors (Lipinski definition) is 6. The van der Waals surface area contributed by atoms with Gasteiger partial charge in [-0.1, -0.05) is 34.9 Å². The predicted octanol–water partition coefficient (Wildman–Crippen LogP) is 3.47. The van der Waals surface area contributed by atoms with Crippen LogP contribution in [0.15, 0.2) is 40.9 Å². The largest absolute Gasteiger partial charge is 0.493 e. The average molecular weight is 404 g/mol. The molecule has 0 aliphatic heterocycles. The smallest absolute Gasteiger partial charge is 0.263 e. The Morgan fingerprint density at radius 3 is 2.80 bits per heavy atom. The Bertz CT molecular complexity index is 839. The van der Waals surface area contributed by atoms with Crippen molar-refractivity contribution >= 4 is 21.9 Å². The van der Waals surface area contributed by atoms with E-state index in [1.54, 1.807) is 7.11 Å². The molecule has 0 saturated heterocycles. The summed E-state index contributed by atoms with van der Waals surface area (Å²) < 4.78 is 12.3. The number of nitrogens with zero attached hydrogens (tertiary/aromatic N) is 3. The fraction of sp³-hybridized carbons (Fsp3) is 0.235. The van der Waals surface area contributed by atoms with Gasteiger partial charge < -0.3 is 14.8 Å². The van der Waals surface area contributed by atoms with Gasteiger partial charge in [0.15, 0.2) is 11.5 Å². The maximum Gasteiger partial charge on any atom is 0.263 e. The van der Waals surface area contributed by atoms with Crippen LogP contribution in [-0.4, -0.2) is 27.7 Å². The SMILES string of the molecule is COc1cc(CNc2nn[nH]n2)cc(Br)c1OCc1cccc(C)c1. The minimum Gasteiger partial charge on any atom is -0.493 e. The van der Waals surface area contributed by atoms with Crippen molar-refractivity contribution in [2.45, 2.75) is 20.1 Å². The summed E-state index contributed by atoms with van der Waals surface area (Å²) in [4.78, 5) is 0. The zero-order valence-corrected chi connectivity index (χ0v) is 15.5. The zero-order chi connectivity index (χ0) is 17.6. The number of methoxy groups -OCH3 is 1. The molecule has 0 unspecified atom stereocenters. The highest BCUT2D eigenvalue weighted by atomic mass is 79.9. The fourth-order valence-corrected chi connectivity index (χ4v) is 2.99. The molecule has 2 N–H and O–H groups in total. The summed E-state index contributed by atoms with van der Waals surface area (Å²) in [6.07, 6.45) is 0. The number of nitrogens with one attached hydrogen (secondary N) is 2. The summed E-state index contributed by atoms with van der Waals surface area (Å²) in [5, 5.41) is 16.7. The van der Waals surface area contributed by atoms with Gasteiger partial charge in [0.1, 0.15) is 6.61 Å². The van der Waals surface area contributed by atoms with Gasteiger partial charge in [-0.05, 0) is 51.3 Å². The first-order valence-electron chi connectivity index (χ1n) is 7.68. The second kappa shape index (κ2) is 7.98. The topological polar surface area (TPSA) is 85.0 Å². The maximum absolute atomic E-state index is 5.97. The van der Waals surface area contributed by atoms with Crippen molar-refractivity contribution in [1.29, 1.82) is 0 Å². The van der Waals surface area contributed by atoms with Crippen molar-refractivity contribution in [2.24, 2.45) is 0 Å². The van der Waals surface area contributed by atoms with E-state index in [2.05, 4.69) is 60.9 Å². The molecular weight excluding hydrogens is 386 g/mol. The second-order valence-electron chi connectivity index (χ2n) is 5.48. The molecule has 0 aliphatic carbocycles. The Morgan fingerprint density at radius 2 is 2.08 bits per heavy atom. The summed E-state index contributed by atoms with van der Waals surface area (Å²) in [5.74, 6) is 1.77. The Hall–Kier alpha value is -2.61. The van der Waals surface area contributed by atoms with Crippen molar-refractivity contribution in [1.82, 2.24) is 20.6 Å². The van der Waals surface area contributed by atoms with E-state index in [4.69, 9.17) is 9.47 Å². The normalized spacial score (nSPS) is 10.5. The number of halogens is 1. The van der Waals surface area contributed by atoms with Gasteiger partial charge in [0.2, 0.25) is 0 Å². The summed E-state index contributed by atoms with van der Waals surface area (Å²) in [5.41, 5.74) is 3.31. The van der Waals surface area contributed by atoms with Gasteiger partial charge in [-0.25, -0.2) is 0 Å². The van der Waals surface area contributed by atoms with Crippen LogP contribution in [-0.2, 0) is 13.2 Å². The number of H-pyrrole nitrogens is 1. The number of benzene rings is 2. The molecular formula is C17H18BrN5O2. The first kappa shape index (κ1) is 17.2. The molecule has 0 atom stereocenters. The average Bonchev–Trinajstić information content (AvgIpc) is 3.12. The van der Waals surface area contributed by atoms with Crippen LogP contribution in [0.2, 0.25) is 0 Å². The van der Waals surface area contributed by atoms with Crippen LogP contribution in [0.5, 0.6) is 11.5 Å². The monoisotopic (exact) mass is 403 g/mol. The zero-order valence-electron chi connectivity index (χ0n) is 13.9. The van der Waals surface area contributed by atoms with Crippen molar-refractivity contribution in [3.05, 3.63) is 57.6 Å². The summed E-state index contributed by atoms with van der Waals surface area (Å²) in [7, 11) is 1.62. The number of tetrazole rings is 1. The molecule has 0 saturated carbocycles. The van der Waals surface area contributed by atoms with Crippen molar-refractivity contribution < 1.29 is 9.47 Å². The molecule has 0 spiro atoms. The summed E-state index contributed by atoms with van der Waals surface area (Å²) in [6.45, 7) is 3.06. The van der Waals surface area contributed by atoms with Crippen LogP contribution < -0.4 is 14.8 Å². The van der Waals surface area contributed by atoms with Gasteiger partial charge in [0.25, 0.3) is 5.95 Å². The van der Waals surface area contributed by atoms with Crippen LogP contribution >= 0.6 is 15.9 Å². The maximum atomic E-state index is 5.97. The number of hydrogen-bond donors (Lipinski definition) is 2. The molecule has 2 aromatic carbocycles. The minimum atomic E-state index is 0.440. The van der Waals surface area contributed by atoms with Crippen molar-refractivity contribution in [3.63, 3.8) is 0 Å². The van der Waals surface area contributed by atoms with Gasteiger partial charge in [-0.3, -0.25) is 0 Å². The van der Waals surface area contributed by atoms with E-state index in [1.165, 1.54) is 5.56 Å². The van der Waals surface area contributed by atoms with E-state index in [1.807, 2.05) is 24.3 Å². The third-order valence-corrected chi connectivity index (χ3v) is 4.14. The van der Waals surface area contributed by atoms with Gasteiger partial charge in [0.05, 0.1) is 11.6 Å². The van der Waals surface area contributed by atoms with Crippen molar-refractivity contribution in [3.8, 4) is 11.5 Å². The molecule has 1 aromatic heterocycles. The van der Waals surface area contributed by atoms with E-state index >= 15 is 0 Å². The van der Waals surface area contributed by atoms with Gasteiger partial charge in [-0.2, -0.15) is 5.21 Å². The highest BCUT2D eigenvalue weighted by Crippen LogP contribution is 2.37. The Balaban J connectivity index is 1.72. The molecule has 0 fully saturated rings. The molecule has 3 aromatic rings. The molecule has 0 bridgehead atoms. The first-order chi connectivity index (χ1) is 12.2. The van der Waals surface area contributed by atoms with Crippen molar-refractivity contribution in [2.75, 3.05) is 12.4 Å². The van der Waals surface area contributed by atoms with E-state index in [-0.39, 0.29) is 0 Å². The van der Waals surface area contributed by atoms with E-state index < -0.39 is 0 Å². The molecule has 130 valence electrons. The minimum absolute atomic E-state index is 0.440. The van der Waals surface area contributed by atoms with Crippen LogP contribution in [0.1, 0.15) is 16.7 Å². The van der Waals surface area contributed by atoms with Gasteiger partial charge in [0, 0.05) is 6.54 Å². The fourth-order valence-electron chi connectivity index (χ4n) is 2.39. The summed E-state index contributed by atoms with van der Waals surface area (Å²) in [6, 6.07) is 12.1. The van der Waals surface area contributed by atoms with E-state index in [0.717, 1.165) is 15.6 Å². The summed E-state index contributed by atoms with van der Waals surface area (Å²) >= 11 is 3.56. The second-order valence-corrected chi connectivity index (χ2v) is 6.33. The van der Waals surface area contributed by atoms with E-state index in [9.17, 15) is 0 Å². The third-order valence-electron chi connectivity index (χ3n) is 3.55. The molecule has 25 heavy (non-hydrogen) atoms. The lowest BCUT2D eigenvalue weighted by Gasteiger charge is -2.15. The number of aromatic amines is 1. The molecule has 0 aliphatic rings. The number of ether oxygens (including phenoxy) is 2. The highest BCUT2D eigenvalue weighted by Gasteiger charge is 2.12. The standard InChI is InChI=1S/C17H18BrN5O2/c1-11-4-3-5-12(6-11)10-25-16-14(18)7-13(8-15(16)24-2)9-19-17-20-22-23-21-17/h3-8H,9-10H2,1-2H3,(H2,19,20,21,22,23). The number of aromatic nitrogens is 4. The molecule has 8 heteroatoms. The Kier molecular flexibility index (Phi) is 5.49. The van der Waals surface area contributed by atoms with E-state index in [0.29, 0.717) is 30.6 Å². The Morgan fingerprint density at radius 1 is 1.20 bits per heavy atom. The highest BCUT2D eigenvalue weighted by molar-refractivity contribution is 9.10. The molecule has 1 heterocycles. The molecule has 0 radical (unpaired) electrons. The number of rotatable bonds is 7. The lowest BCUT2D eigenvalue weighted by molar-refractivity contribution is 0.282. The quantitative estimate of drug-likeness (QED) is 0.628. The van der Waals surface area contributed by atoms with Gasteiger partial charge >= 0.3 is 0 Å². The number of anilines is 1.